The lowest BCUT2D eigenvalue weighted by atomic mass is 10.1. The van der Waals surface area contributed by atoms with Gasteiger partial charge in [-0.15, -0.1) is 0 Å². The Hall–Kier alpha value is -2.28. The van der Waals surface area contributed by atoms with Crippen LogP contribution in [0.15, 0.2) is 36.5 Å². The van der Waals surface area contributed by atoms with Crippen molar-refractivity contribution in [1.29, 1.82) is 0 Å². The van der Waals surface area contributed by atoms with E-state index in [1.165, 1.54) is 24.4 Å². The van der Waals surface area contributed by atoms with Crippen LogP contribution < -0.4 is 5.32 Å². The lowest BCUT2D eigenvalue weighted by Gasteiger charge is -2.26. The minimum atomic E-state index is -4.56. The maximum atomic E-state index is 13.2. The monoisotopic (exact) mass is 383 g/mol. The Balaban J connectivity index is 1.84. The molecule has 0 bridgehead atoms. The third-order valence-electron chi connectivity index (χ3n) is 4.20. The van der Waals surface area contributed by atoms with Crippen molar-refractivity contribution in [3.8, 4) is 0 Å². The molecule has 0 unspecified atom stereocenters. The molecule has 1 aromatic heterocycles. The van der Waals surface area contributed by atoms with Crippen LogP contribution >= 0.6 is 11.6 Å². The first kappa shape index (κ1) is 18.5. The summed E-state index contributed by atoms with van der Waals surface area (Å²) in [6, 6.07) is 6.49. The molecule has 4 nitrogen and oxygen atoms in total. The number of anilines is 2. The maximum absolute atomic E-state index is 13.2. The van der Waals surface area contributed by atoms with Gasteiger partial charge in [0.2, 0.25) is 0 Å². The fourth-order valence-electron chi connectivity index (χ4n) is 2.91. The third-order valence-corrected chi connectivity index (χ3v) is 4.44. The van der Waals surface area contributed by atoms with Gasteiger partial charge in [-0.3, -0.25) is 4.79 Å². The second-order valence-electron chi connectivity index (χ2n) is 6.10. The Bertz CT molecular complexity index is 805. The van der Waals surface area contributed by atoms with Crippen LogP contribution in [-0.4, -0.2) is 28.9 Å². The molecular weight excluding hydrogens is 367 g/mol. The predicted octanol–water partition coefficient (Wildman–Crippen LogP) is 5.12. The van der Waals surface area contributed by atoms with E-state index in [1.807, 2.05) is 0 Å². The first-order valence-electron chi connectivity index (χ1n) is 8.24. The fraction of sp³-hybridized carbons (Fsp3) is 0.333. The topological polar surface area (TPSA) is 45.2 Å². The van der Waals surface area contributed by atoms with Crippen molar-refractivity contribution in [2.75, 3.05) is 18.4 Å². The number of hydrogen-bond acceptors (Lipinski definition) is 3. The molecule has 1 N–H and O–H groups in total. The zero-order valence-electron chi connectivity index (χ0n) is 13.8. The van der Waals surface area contributed by atoms with Crippen molar-refractivity contribution < 1.29 is 18.0 Å². The lowest BCUT2D eigenvalue weighted by Crippen LogP contribution is -2.35. The van der Waals surface area contributed by atoms with Gasteiger partial charge in [0.1, 0.15) is 5.82 Å². The minimum Gasteiger partial charge on any atom is -0.340 e. The first-order chi connectivity index (χ1) is 12.3. The molecule has 138 valence electrons. The van der Waals surface area contributed by atoms with E-state index < -0.39 is 11.7 Å². The van der Waals surface area contributed by atoms with Gasteiger partial charge in [-0.2, -0.15) is 13.2 Å². The lowest BCUT2D eigenvalue weighted by molar-refractivity contribution is -0.136. The van der Waals surface area contributed by atoms with Crippen LogP contribution in [0.1, 0.15) is 35.2 Å². The molecule has 0 atom stereocenters. The van der Waals surface area contributed by atoms with Crippen LogP contribution in [0.2, 0.25) is 5.02 Å². The van der Waals surface area contributed by atoms with E-state index in [4.69, 9.17) is 11.6 Å². The predicted molar refractivity (Wildman–Crippen MR) is 93.7 cm³/mol. The van der Waals surface area contributed by atoms with Gasteiger partial charge in [0, 0.05) is 29.9 Å². The Kier molecular flexibility index (Phi) is 5.36. The second-order valence-corrected chi connectivity index (χ2v) is 6.53. The van der Waals surface area contributed by atoms with Gasteiger partial charge in [-0.25, -0.2) is 4.98 Å². The Morgan fingerprint density at radius 1 is 1.12 bits per heavy atom. The van der Waals surface area contributed by atoms with Gasteiger partial charge in [-0.05, 0) is 49.6 Å². The molecule has 8 heteroatoms. The van der Waals surface area contributed by atoms with Crippen LogP contribution in [0, 0.1) is 0 Å². The number of halogens is 4. The summed E-state index contributed by atoms with van der Waals surface area (Å²) < 4.78 is 39.6. The van der Waals surface area contributed by atoms with Crippen molar-refractivity contribution in [2.45, 2.75) is 25.4 Å². The van der Waals surface area contributed by atoms with E-state index in [1.54, 1.807) is 11.0 Å². The Morgan fingerprint density at radius 3 is 2.54 bits per heavy atom. The van der Waals surface area contributed by atoms with Crippen molar-refractivity contribution in [3.05, 3.63) is 52.7 Å². The summed E-state index contributed by atoms with van der Waals surface area (Å²) in [7, 11) is 0. The van der Waals surface area contributed by atoms with E-state index >= 15 is 0 Å². The molecule has 1 saturated heterocycles. The highest BCUT2D eigenvalue weighted by molar-refractivity contribution is 6.30. The van der Waals surface area contributed by atoms with Gasteiger partial charge >= 0.3 is 6.18 Å². The number of alkyl halides is 3. The van der Waals surface area contributed by atoms with Crippen LogP contribution in [0.25, 0.3) is 0 Å². The molecule has 2 aromatic rings. The molecule has 1 aliphatic heterocycles. The van der Waals surface area contributed by atoms with Gasteiger partial charge < -0.3 is 10.2 Å². The largest absolute Gasteiger partial charge is 0.418 e. The smallest absolute Gasteiger partial charge is 0.340 e. The molecule has 1 aromatic carbocycles. The number of nitrogens with one attached hydrogen (secondary N) is 1. The van der Waals surface area contributed by atoms with Crippen LogP contribution in [0.3, 0.4) is 0 Å². The van der Waals surface area contributed by atoms with Crippen LogP contribution in [0.4, 0.5) is 24.7 Å². The Morgan fingerprint density at radius 2 is 1.85 bits per heavy atom. The summed E-state index contributed by atoms with van der Waals surface area (Å²) in [5.74, 6) is 0.0305. The van der Waals surface area contributed by atoms with Gasteiger partial charge in [0.15, 0.2) is 0 Å². The molecule has 1 fully saturated rings. The summed E-state index contributed by atoms with van der Waals surface area (Å²) in [4.78, 5) is 18.3. The number of likely N-dealkylation sites (tertiary alicyclic amines) is 1. The molecule has 26 heavy (non-hydrogen) atoms. The summed E-state index contributed by atoms with van der Waals surface area (Å²) in [5, 5.41) is 2.63. The highest BCUT2D eigenvalue weighted by atomic mass is 35.5. The number of nitrogens with zero attached hydrogens (tertiary/aromatic N) is 2. The third kappa shape index (κ3) is 4.27. The zero-order valence-corrected chi connectivity index (χ0v) is 14.6. The highest BCUT2D eigenvalue weighted by Crippen LogP contribution is 2.37. The summed E-state index contributed by atoms with van der Waals surface area (Å²) >= 11 is 5.69. The highest BCUT2D eigenvalue weighted by Gasteiger charge is 2.34. The fourth-order valence-corrected chi connectivity index (χ4v) is 3.08. The summed E-state index contributed by atoms with van der Waals surface area (Å²) in [6.07, 6.45) is -0.135. The number of carbonyl (C=O) groups is 1. The molecule has 0 radical (unpaired) electrons. The van der Waals surface area contributed by atoms with E-state index in [0.29, 0.717) is 18.7 Å². The molecule has 2 heterocycles. The van der Waals surface area contributed by atoms with E-state index in [9.17, 15) is 18.0 Å². The van der Waals surface area contributed by atoms with Crippen LogP contribution in [0.5, 0.6) is 0 Å². The Labute approximate surface area is 154 Å². The first-order valence-corrected chi connectivity index (χ1v) is 8.61. The number of hydrogen-bond donors (Lipinski definition) is 1. The van der Waals surface area contributed by atoms with E-state index in [0.717, 1.165) is 25.3 Å². The molecule has 1 aliphatic rings. The average molecular weight is 384 g/mol. The number of amides is 1. The standard InChI is InChI=1S/C18H17ClF3N3O/c19-13-4-5-15(14(11-13)18(20,21)22)24-16-10-12(6-7-23-16)17(26)25-8-2-1-3-9-25/h4-7,10-11H,1-3,8-9H2,(H,23,24). The van der Waals surface area contributed by atoms with Crippen molar-refractivity contribution in [3.63, 3.8) is 0 Å². The molecule has 0 aliphatic carbocycles. The number of piperidine rings is 1. The second kappa shape index (κ2) is 7.53. The van der Waals surface area contributed by atoms with Crippen molar-refractivity contribution in [2.24, 2.45) is 0 Å². The molecule has 1 amide bonds. The number of pyridine rings is 1. The van der Waals surface area contributed by atoms with Crippen molar-refractivity contribution >= 4 is 29.0 Å². The van der Waals surface area contributed by atoms with Crippen LogP contribution in [-0.2, 0) is 6.18 Å². The van der Waals surface area contributed by atoms with Gasteiger partial charge in [-0.1, -0.05) is 11.6 Å². The number of carbonyl (C=O) groups excluding carboxylic acids is 1. The number of aromatic nitrogens is 1. The van der Waals surface area contributed by atoms with E-state index in [-0.39, 0.29) is 22.4 Å². The normalized spacial score (nSPS) is 15.0. The molecule has 3 rings (SSSR count). The van der Waals surface area contributed by atoms with Gasteiger partial charge in [0.05, 0.1) is 11.3 Å². The average Bonchev–Trinajstić information content (AvgIpc) is 2.63. The number of benzene rings is 1. The quantitative estimate of drug-likeness (QED) is 0.799. The van der Waals surface area contributed by atoms with Crippen molar-refractivity contribution in [1.82, 2.24) is 9.88 Å². The van der Waals surface area contributed by atoms with Gasteiger partial charge in [0.25, 0.3) is 5.91 Å². The SMILES string of the molecule is O=C(c1ccnc(Nc2ccc(Cl)cc2C(F)(F)F)c1)N1CCCCC1. The molecule has 0 saturated carbocycles. The maximum Gasteiger partial charge on any atom is 0.418 e. The zero-order chi connectivity index (χ0) is 18.7. The summed E-state index contributed by atoms with van der Waals surface area (Å²) in [5.41, 5.74) is -0.663. The number of rotatable bonds is 3. The van der Waals surface area contributed by atoms with E-state index in [2.05, 4.69) is 10.3 Å². The summed E-state index contributed by atoms with van der Waals surface area (Å²) in [6.45, 7) is 1.39. The molecule has 0 spiro atoms. The molecular formula is C18H17ClF3N3O. The minimum absolute atomic E-state index is 0.00939.